The first kappa shape index (κ1) is 26.0. The minimum absolute atomic E-state index is 0.0707. The van der Waals surface area contributed by atoms with Crippen molar-refractivity contribution in [2.24, 2.45) is 13.0 Å². The van der Waals surface area contributed by atoms with Gasteiger partial charge in [0.2, 0.25) is 5.91 Å². The summed E-state index contributed by atoms with van der Waals surface area (Å²) < 4.78 is 6.46. The predicted octanol–water partition coefficient (Wildman–Crippen LogP) is 3.77. The Hall–Kier alpha value is -3.66. The topological polar surface area (TPSA) is 115 Å². The van der Waals surface area contributed by atoms with Crippen molar-refractivity contribution in [3.63, 3.8) is 0 Å². The molecule has 10 heteroatoms. The molecule has 0 fully saturated rings. The van der Waals surface area contributed by atoms with Crippen molar-refractivity contribution in [3.05, 3.63) is 71.0 Å². The monoisotopic (exact) mass is 495 g/mol. The number of amides is 2. The van der Waals surface area contributed by atoms with Gasteiger partial charge in [-0.15, -0.1) is 10.2 Å². The lowest BCUT2D eigenvalue weighted by Crippen LogP contribution is -2.33. The molecular weight excluding hydrogens is 466 g/mol. The summed E-state index contributed by atoms with van der Waals surface area (Å²) in [5.41, 5.74) is 2.63. The number of nitrogens with zero attached hydrogens (tertiary/aromatic N) is 3. The highest BCUT2D eigenvalue weighted by Crippen LogP contribution is 2.24. The van der Waals surface area contributed by atoms with Crippen LogP contribution in [0.15, 0.2) is 53.7 Å². The van der Waals surface area contributed by atoms with E-state index in [0.29, 0.717) is 27.8 Å². The van der Waals surface area contributed by atoms with Crippen LogP contribution < -0.4 is 10.6 Å². The minimum Gasteiger partial charge on any atom is -0.465 e. The van der Waals surface area contributed by atoms with Crippen LogP contribution in [0.1, 0.15) is 52.0 Å². The Kier molecular flexibility index (Phi) is 8.64. The van der Waals surface area contributed by atoms with Crippen LogP contribution in [0.4, 0.5) is 5.69 Å². The van der Waals surface area contributed by atoms with Crippen LogP contribution in [-0.2, 0) is 16.6 Å². The van der Waals surface area contributed by atoms with Crippen LogP contribution in [0, 0.1) is 12.8 Å². The summed E-state index contributed by atoms with van der Waals surface area (Å²) in [6.45, 7) is 5.97. The van der Waals surface area contributed by atoms with E-state index in [1.807, 2.05) is 40.0 Å². The van der Waals surface area contributed by atoms with Crippen LogP contribution in [0.3, 0.4) is 0 Å². The third-order valence-electron chi connectivity index (χ3n) is 5.34. The fourth-order valence-electron chi connectivity index (χ4n) is 3.32. The van der Waals surface area contributed by atoms with Crippen LogP contribution >= 0.6 is 11.8 Å². The lowest BCUT2D eigenvalue weighted by Gasteiger charge is -2.21. The lowest BCUT2D eigenvalue weighted by molar-refractivity contribution is -0.113. The molecule has 35 heavy (non-hydrogen) atoms. The van der Waals surface area contributed by atoms with Crippen LogP contribution in [0.25, 0.3) is 0 Å². The molecule has 0 bridgehead atoms. The van der Waals surface area contributed by atoms with Crippen molar-refractivity contribution in [1.29, 1.82) is 0 Å². The van der Waals surface area contributed by atoms with Gasteiger partial charge in [0.25, 0.3) is 5.91 Å². The van der Waals surface area contributed by atoms with Gasteiger partial charge in [-0.3, -0.25) is 9.59 Å². The van der Waals surface area contributed by atoms with E-state index in [1.165, 1.54) is 18.9 Å². The van der Waals surface area contributed by atoms with E-state index in [9.17, 15) is 14.4 Å². The molecule has 0 spiro atoms. The van der Waals surface area contributed by atoms with Gasteiger partial charge in [0.05, 0.1) is 24.5 Å². The summed E-state index contributed by atoms with van der Waals surface area (Å²) in [5.74, 6) is -0.0429. The molecule has 2 N–H and O–H groups in total. The molecule has 3 aromatic rings. The Bertz CT molecular complexity index is 1190. The van der Waals surface area contributed by atoms with E-state index in [0.717, 1.165) is 5.56 Å². The van der Waals surface area contributed by atoms with Crippen LogP contribution in [0.2, 0.25) is 0 Å². The first-order valence-electron chi connectivity index (χ1n) is 11.1. The number of hydrogen-bond acceptors (Lipinski definition) is 7. The standard InChI is InChI=1S/C25H29N5O4S/c1-15(2)21(27-23(32)17-8-6-16(3)7-9-17)22-28-29-25(30(22)4)35-14-20(31)26-19-12-10-18(11-13-19)24(33)34-5/h6-13,15,21H,14H2,1-5H3,(H,26,31)(H,27,32)/t21-/m1/s1. The lowest BCUT2D eigenvalue weighted by atomic mass is 10.0. The van der Waals surface area contributed by atoms with Crippen molar-refractivity contribution < 1.29 is 19.1 Å². The normalized spacial score (nSPS) is 11.7. The number of methoxy groups -OCH3 is 1. The molecule has 3 rings (SSSR count). The molecule has 2 amide bonds. The molecular formula is C25H29N5O4S. The second-order valence-electron chi connectivity index (χ2n) is 8.37. The zero-order valence-electron chi connectivity index (χ0n) is 20.4. The number of hydrogen-bond donors (Lipinski definition) is 2. The van der Waals surface area contributed by atoms with Gasteiger partial charge in [-0.1, -0.05) is 43.3 Å². The molecule has 0 aliphatic carbocycles. The number of carbonyl (C=O) groups is 3. The Labute approximate surface area is 208 Å². The highest BCUT2D eigenvalue weighted by Gasteiger charge is 2.25. The summed E-state index contributed by atoms with van der Waals surface area (Å²) in [7, 11) is 3.13. The minimum atomic E-state index is -0.439. The summed E-state index contributed by atoms with van der Waals surface area (Å²) in [5, 5.41) is 14.9. The molecule has 1 atom stereocenters. The van der Waals surface area contributed by atoms with E-state index in [1.54, 1.807) is 41.0 Å². The van der Waals surface area contributed by atoms with E-state index >= 15 is 0 Å². The number of esters is 1. The van der Waals surface area contributed by atoms with Gasteiger partial charge < -0.3 is 19.9 Å². The average Bonchev–Trinajstić information content (AvgIpc) is 3.21. The predicted molar refractivity (Wildman–Crippen MR) is 134 cm³/mol. The van der Waals surface area contributed by atoms with E-state index < -0.39 is 5.97 Å². The number of thioether (sulfide) groups is 1. The third-order valence-corrected chi connectivity index (χ3v) is 6.36. The summed E-state index contributed by atoms with van der Waals surface area (Å²) in [6.07, 6.45) is 0. The first-order valence-corrected chi connectivity index (χ1v) is 12.1. The van der Waals surface area contributed by atoms with E-state index in [4.69, 9.17) is 0 Å². The second kappa shape index (κ2) is 11.7. The van der Waals surface area contributed by atoms with Crippen molar-refractivity contribution >= 4 is 35.2 Å². The number of anilines is 1. The van der Waals surface area contributed by atoms with Crippen molar-refractivity contribution in [2.45, 2.75) is 32.0 Å². The van der Waals surface area contributed by atoms with Crippen molar-refractivity contribution in [3.8, 4) is 0 Å². The van der Waals surface area contributed by atoms with Crippen LogP contribution in [-0.4, -0.2) is 45.4 Å². The van der Waals surface area contributed by atoms with Crippen LogP contribution in [0.5, 0.6) is 0 Å². The average molecular weight is 496 g/mol. The molecule has 0 saturated heterocycles. The SMILES string of the molecule is COC(=O)c1ccc(NC(=O)CSc2nnc([C@H](NC(=O)c3ccc(C)cc3)C(C)C)n2C)cc1. The second-order valence-corrected chi connectivity index (χ2v) is 9.31. The number of aryl methyl sites for hydroxylation is 1. The highest BCUT2D eigenvalue weighted by atomic mass is 32.2. The molecule has 184 valence electrons. The summed E-state index contributed by atoms with van der Waals surface area (Å²) in [4.78, 5) is 36.7. The van der Waals surface area contributed by atoms with Gasteiger partial charge >= 0.3 is 5.97 Å². The molecule has 1 heterocycles. The molecule has 9 nitrogen and oxygen atoms in total. The number of nitrogens with one attached hydrogen (secondary N) is 2. The van der Waals surface area contributed by atoms with E-state index in [2.05, 4.69) is 25.6 Å². The van der Waals surface area contributed by atoms with Gasteiger partial charge in [-0.05, 0) is 49.2 Å². The molecule has 0 aliphatic rings. The Morgan fingerprint density at radius 3 is 2.23 bits per heavy atom. The maximum atomic E-state index is 12.8. The number of rotatable bonds is 9. The summed E-state index contributed by atoms with van der Waals surface area (Å²) in [6, 6.07) is 13.5. The van der Waals surface area contributed by atoms with E-state index in [-0.39, 0.29) is 29.5 Å². The number of ether oxygens (including phenoxy) is 1. The Morgan fingerprint density at radius 1 is 1.00 bits per heavy atom. The summed E-state index contributed by atoms with van der Waals surface area (Å²) >= 11 is 1.24. The smallest absolute Gasteiger partial charge is 0.337 e. The fourth-order valence-corrected chi connectivity index (χ4v) is 4.03. The first-order chi connectivity index (χ1) is 16.7. The van der Waals surface area contributed by atoms with Gasteiger partial charge in [0.1, 0.15) is 0 Å². The molecule has 2 aromatic carbocycles. The van der Waals surface area contributed by atoms with Gasteiger partial charge in [0, 0.05) is 18.3 Å². The Balaban J connectivity index is 1.62. The zero-order chi connectivity index (χ0) is 25.5. The molecule has 1 aromatic heterocycles. The number of aromatic nitrogens is 3. The third kappa shape index (κ3) is 6.69. The van der Waals surface area contributed by atoms with Gasteiger partial charge in [-0.2, -0.15) is 0 Å². The maximum absolute atomic E-state index is 12.8. The Morgan fingerprint density at radius 2 is 1.63 bits per heavy atom. The zero-order valence-corrected chi connectivity index (χ0v) is 21.2. The highest BCUT2D eigenvalue weighted by molar-refractivity contribution is 7.99. The number of benzene rings is 2. The van der Waals surface area contributed by atoms with Crippen molar-refractivity contribution in [1.82, 2.24) is 20.1 Å². The van der Waals surface area contributed by atoms with Gasteiger partial charge in [-0.25, -0.2) is 4.79 Å². The maximum Gasteiger partial charge on any atom is 0.337 e. The molecule has 0 aliphatic heterocycles. The number of carbonyl (C=O) groups excluding carboxylic acids is 3. The largest absolute Gasteiger partial charge is 0.465 e. The molecule has 0 saturated carbocycles. The quantitative estimate of drug-likeness (QED) is 0.343. The fraction of sp³-hybridized carbons (Fsp3) is 0.320. The molecule has 0 radical (unpaired) electrons. The van der Waals surface area contributed by atoms with Crippen molar-refractivity contribution in [2.75, 3.05) is 18.2 Å². The van der Waals surface area contributed by atoms with Gasteiger partial charge in [0.15, 0.2) is 11.0 Å². The molecule has 0 unspecified atom stereocenters.